The molecule has 2 aromatic rings. The van der Waals surface area contributed by atoms with Crippen LogP contribution in [0, 0.1) is 0 Å². The van der Waals surface area contributed by atoms with Crippen molar-refractivity contribution in [3.05, 3.63) is 29.6 Å². The molecule has 1 fully saturated rings. The number of H-pyrrole nitrogens is 1. The Hall–Kier alpha value is -2.28. The highest BCUT2D eigenvalue weighted by molar-refractivity contribution is 7.91. The molecule has 1 aliphatic heterocycles. The van der Waals surface area contributed by atoms with Crippen LogP contribution in [0.5, 0.6) is 0 Å². The van der Waals surface area contributed by atoms with E-state index in [2.05, 4.69) is 15.5 Å². The van der Waals surface area contributed by atoms with E-state index in [1.165, 1.54) is 22.6 Å². The molecule has 1 saturated heterocycles. The third-order valence-corrected chi connectivity index (χ3v) is 6.91. The second-order valence-electron chi connectivity index (χ2n) is 5.11. The lowest BCUT2D eigenvalue weighted by molar-refractivity contribution is 0.0731. The highest BCUT2D eigenvalue weighted by Crippen LogP contribution is 2.33. The van der Waals surface area contributed by atoms with Crippen molar-refractivity contribution in [1.82, 2.24) is 14.5 Å². The number of primary amides is 1. The number of carbonyl (C=O) groups is 2. The molecule has 3 heterocycles. The van der Waals surface area contributed by atoms with E-state index in [-0.39, 0.29) is 33.6 Å². The van der Waals surface area contributed by atoms with Crippen molar-refractivity contribution in [2.24, 2.45) is 5.73 Å². The molecule has 0 aliphatic carbocycles. The van der Waals surface area contributed by atoms with Crippen LogP contribution < -0.4 is 11.1 Å². The molecule has 0 saturated carbocycles. The number of anilines is 1. The van der Waals surface area contributed by atoms with Gasteiger partial charge in [0.2, 0.25) is 0 Å². The van der Waals surface area contributed by atoms with Gasteiger partial charge in [-0.05, 0) is 12.1 Å². The zero-order chi connectivity index (χ0) is 18.0. The van der Waals surface area contributed by atoms with E-state index < -0.39 is 21.8 Å². The maximum atomic E-state index is 12.7. The van der Waals surface area contributed by atoms with Gasteiger partial charge < -0.3 is 15.8 Å². The van der Waals surface area contributed by atoms with E-state index >= 15 is 0 Å². The van der Waals surface area contributed by atoms with Crippen LogP contribution in [-0.4, -0.2) is 61.0 Å². The first-order valence-electron chi connectivity index (χ1n) is 7.22. The molecule has 4 N–H and O–H groups in total. The molecule has 25 heavy (non-hydrogen) atoms. The van der Waals surface area contributed by atoms with Crippen LogP contribution in [0.4, 0.5) is 5.00 Å². The number of hydrogen-bond donors (Lipinski definition) is 3. The normalized spacial score (nSPS) is 15.8. The first kappa shape index (κ1) is 17.5. The number of carbonyl (C=O) groups excluding carboxylic acids is 2. The number of amides is 2. The first-order chi connectivity index (χ1) is 11.9. The van der Waals surface area contributed by atoms with Gasteiger partial charge in [-0.3, -0.25) is 14.7 Å². The van der Waals surface area contributed by atoms with Gasteiger partial charge in [0.05, 0.1) is 18.8 Å². The zero-order valence-electron chi connectivity index (χ0n) is 12.9. The van der Waals surface area contributed by atoms with Crippen LogP contribution in [0.15, 0.2) is 22.5 Å². The smallest absolute Gasteiger partial charge is 0.274 e. The summed E-state index contributed by atoms with van der Waals surface area (Å²) in [5.74, 6) is -1.39. The molecular weight excluding hydrogens is 370 g/mol. The molecule has 3 rings (SSSR count). The summed E-state index contributed by atoms with van der Waals surface area (Å²) in [7, 11) is -3.79. The largest absolute Gasteiger partial charge is 0.379 e. The van der Waals surface area contributed by atoms with Crippen molar-refractivity contribution in [3.8, 4) is 0 Å². The van der Waals surface area contributed by atoms with Gasteiger partial charge in [0.15, 0.2) is 0 Å². The molecule has 0 aromatic carbocycles. The zero-order valence-corrected chi connectivity index (χ0v) is 14.5. The van der Waals surface area contributed by atoms with E-state index in [1.54, 1.807) is 0 Å². The third kappa shape index (κ3) is 3.56. The maximum Gasteiger partial charge on any atom is 0.274 e. The van der Waals surface area contributed by atoms with Gasteiger partial charge in [-0.25, -0.2) is 8.42 Å². The van der Waals surface area contributed by atoms with Crippen LogP contribution >= 0.6 is 11.3 Å². The minimum atomic E-state index is -3.79. The lowest BCUT2D eigenvalue weighted by Gasteiger charge is -2.25. The minimum Gasteiger partial charge on any atom is -0.379 e. The average Bonchev–Trinajstić information content (AvgIpc) is 3.25. The highest BCUT2D eigenvalue weighted by Gasteiger charge is 2.30. The van der Waals surface area contributed by atoms with Crippen LogP contribution in [0.25, 0.3) is 0 Å². The second-order valence-corrected chi connectivity index (χ2v) is 8.33. The molecule has 134 valence electrons. The van der Waals surface area contributed by atoms with Crippen molar-refractivity contribution in [2.75, 3.05) is 31.6 Å². The summed E-state index contributed by atoms with van der Waals surface area (Å²) in [6.07, 6.45) is 1.40. The van der Waals surface area contributed by atoms with Gasteiger partial charge in [-0.15, -0.1) is 11.3 Å². The van der Waals surface area contributed by atoms with Gasteiger partial charge in [-0.2, -0.15) is 9.40 Å². The van der Waals surface area contributed by atoms with E-state index in [9.17, 15) is 18.0 Å². The van der Waals surface area contributed by atoms with Crippen molar-refractivity contribution >= 4 is 38.2 Å². The Morgan fingerprint density at radius 3 is 2.68 bits per heavy atom. The molecule has 0 spiro atoms. The summed E-state index contributed by atoms with van der Waals surface area (Å²) in [5, 5.41) is 8.70. The number of sulfonamides is 1. The molecule has 2 aromatic heterocycles. The molecule has 10 nitrogen and oxygen atoms in total. The number of aromatic amines is 1. The summed E-state index contributed by atoms with van der Waals surface area (Å²) in [5.41, 5.74) is 5.41. The van der Waals surface area contributed by atoms with E-state index in [4.69, 9.17) is 10.5 Å². The fourth-order valence-electron chi connectivity index (χ4n) is 2.24. The lowest BCUT2D eigenvalue weighted by Crippen LogP contribution is -2.40. The first-order valence-corrected chi connectivity index (χ1v) is 9.47. The van der Waals surface area contributed by atoms with Crippen molar-refractivity contribution < 1.29 is 22.7 Å². The summed E-state index contributed by atoms with van der Waals surface area (Å²) < 4.78 is 31.7. The Morgan fingerprint density at radius 2 is 2.08 bits per heavy atom. The quantitative estimate of drug-likeness (QED) is 0.652. The Kier molecular flexibility index (Phi) is 4.85. The topological polar surface area (TPSA) is 147 Å². The fourth-order valence-corrected chi connectivity index (χ4v) is 5.17. The van der Waals surface area contributed by atoms with E-state index in [0.717, 1.165) is 11.3 Å². The standard InChI is InChI=1S/C13H15N5O5S2/c14-11(19)8-7-10(25(21,22)18-3-5-23-6-4-18)24-13(8)16-12(20)9-1-2-15-17-9/h1-2,7H,3-6H2,(H2,14,19)(H,15,17)(H,16,20). The van der Waals surface area contributed by atoms with Crippen LogP contribution in [-0.2, 0) is 14.8 Å². The monoisotopic (exact) mass is 385 g/mol. The minimum absolute atomic E-state index is 0.0651. The van der Waals surface area contributed by atoms with Crippen molar-refractivity contribution in [3.63, 3.8) is 0 Å². The van der Waals surface area contributed by atoms with Crippen molar-refractivity contribution in [1.29, 1.82) is 0 Å². The van der Waals surface area contributed by atoms with E-state index in [0.29, 0.717) is 13.2 Å². The number of hydrogen-bond acceptors (Lipinski definition) is 7. The van der Waals surface area contributed by atoms with Gasteiger partial charge in [-0.1, -0.05) is 0 Å². The number of aromatic nitrogens is 2. The highest BCUT2D eigenvalue weighted by atomic mass is 32.2. The SMILES string of the molecule is NC(=O)c1cc(S(=O)(=O)N2CCOCC2)sc1NC(=O)c1ccn[nH]1. The van der Waals surface area contributed by atoms with Crippen molar-refractivity contribution in [2.45, 2.75) is 4.21 Å². The third-order valence-electron chi connectivity index (χ3n) is 3.51. The van der Waals surface area contributed by atoms with Crippen LogP contribution in [0.3, 0.4) is 0 Å². The molecule has 0 bridgehead atoms. The molecule has 0 atom stereocenters. The molecule has 0 unspecified atom stereocenters. The number of ether oxygens (including phenoxy) is 1. The Bertz CT molecular complexity index is 884. The Morgan fingerprint density at radius 1 is 1.36 bits per heavy atom. The molecule has 2 amide bonds. The summed E-state index contributed by atoms with van der Waals surface area (Å²) in [6, 6.07) is 2.62. The number of nitrogens with one attached hydrogen (secondary N) is 2. The molecular formula is C13H15N5O5S2. The predicted octanol–water partition coefficient (Wildman–Crippen LogP) is -0.157. The summed E-state index contributed by atoms with van der Waals surface area (Å²) in [4.78, 5) is 23.7. The molecule has 0 radical (unpaired) electrons. The summed E-state index contributed by atoms with van der Waals surface area (Å²) >= 11 is 0.777. The summed E-state index contributed by atoms with van der Waals surface area (Å²) in [6.45, 7) is 1.05. The van der Waals surface area contributed by atoms with Gasteiger partial charge >= 0.3 is 0 Å². The Balaban J connectivity index is 1.91. The number of nitrogens with two attached hydrogens (primary N) is 1. The van der Waals surface area contributed by atoms with Crippen LogP contribution in [0.1, 0.15) is 20.8 Å². The molecule has 12 heteroatoms. The number of thiophene rings is 1. The van der Waals surface area contributed by atoms with E-state index in [1.807, 2.05) is 0 Å². The second kappa shape index (κ2) is 6.92. The van der Waals surface area contributed by atoms with Gasteiger partial charge in [0, 0.05) is 19.3 Å². The predicted molar refractivity (Wildman–Crippen MR) is 89.0 cm³/mol. The number of morpholine rings is 1. The number of nitrogens with zero attached hydrogens (tertiary/aromatic N) is 2. The Labute approximate surface area is 147 Å². The van der Waals surface area contributed by atoms with Crippen LogP contribution in [0.2, 0.25) is 0 Å². The number of rotatable bonds is 5. The van der Waals surface area contributed by atoms with Gasteiger partial charge in [0.25, 0.3) is 21.8 Å². The average molecular weight is 385 g/mol. The maximum absolute atomic E-state index is 12.7. The fraction of sp³-hybridized carbons (Fsp3) is 0.308. The molecule has 1 aliphatic rings. The lowest BCUT2D eigenvalue weighted by atomic mass is 10.3. The van der Waals surface area contributed by atoms with Gasteiger partial charge in [0.1, 0.15) is 14.9 Å².